The van der Waals surface area contributed by atoms with E-state index < -0.39 is 17.9 Å². The molecule has 1 aliphatic rings. The molecule has 8 heteroatoms. The molecule has 1 aliphatic heterocycles. The Morgan fingerprint density at radius 3 is 2.53 bits per heavy atom. The van der Waals surface area contributed by atoms with Crippen LogP contribution < -0.4 is 4.74 Å². The zero-order valence-corrected chi connectivity index (χ0v) is 16.8. The van der Waals surface area contributed by atoms with Gasteiger partial charge in [-0.1, -0.05) is 18.2 Å². The number of nitrogens with zero attached hydrogens (tertiary/aromatic N) is 2. The Kier molecular flexibility index (Phi) is 7.37. The van der Waals surface area contributed by atoms with Gasteiger partial charge in [0.25, 0.3) is 5.91 Å². The van der Waals surface area contributed by atoms with E-state index in [4.69, 9.17) is 9.47 Å². The van der Waals surface area contributed by atoms with Crippen LogP contribution in [-0.4, -0.2) is 79.3 Å². The van der Waals surface area contributed by atoms with E-state index in [0.717, 1.165) is 0 Å². The molecule has 0 radical (unpaired) electrons. The van der Waals surface area contributed by atoms with Crippen LogP contribution in [0.3, 0.4) is 0 Å². The number of β-amino-alcohol motifs (C(OH)–C–C–N with tert-alkyl or cyclic N) is 1. The highest BCUT2D eigenvalue weighted by Gasteiger charge is 2.24. The van der Waals surface area contributed by atoms with Crippen LogP contribution in [0.2, 0.25) is 0 Å². The summed E-state index contributed by atoms with van der Waals surface area (Å²) < 4.78 is 23.7. The molecule has 7 nitrogen and oxygen atoms in total. The monoisotopic (exact) mass is 416 g/mol. The van der Waals surface area contributed by atoms with Crippen LogP contribution in [0.5, 0.6) is 5.75 Å². The summed E-state index contributed by atoms with van der Waals surface area (Å²) in [5.74, 6) is -0.776. The number of carbonyl (C=O) groups excluding carboxylic acids is 2. The van der Waals surface area contributed by atoms with Gasteiger partial charge in [-0.15, -0.1) is 0 Å². The van der Waals surface area contributed by atoms with Gasteiger partial charge in [0, 0.05) is 38.3 Å². The van der Waals surface area contributed by atoms with Crippen molar-refractivity contribution in [1.29, 1.82) is 0 Å². The van der Waals surface area contributed by atoms with E-state index in [9.17, 15) is 19.1 Å². The topological polar surface area (TPSA) is 79.3 Å². The average Bonchev–Trinajstić information content (AvgIpc) is 2.77. The minimum Gasteiger partial charge on any atom is -0.490 e. The summed E-state index contributed by atoms with van der Waals surface area (Å²) in [6.07, 6.45) is -0.763. The molecule has 1 fully saturated rings. The van der Waals surface area contributed by atoms with Crippen LogP contribution in [0.1, 0.15) is 20.7 Å². The lowest BCUT2D eigenvalue weighted by atomic mass is 10.1. The maximum absolute atomic E-state index is 13.3. The third-order valence-electron chi connectivity index (χ3n) is 4.92. The van der Waals surface area contributed by atoms with Crippen LogP contribution in [-0.2, 0) is 4.74 Å². The number of aliphatic hydroxyl groups excluding tert-OH is 1. The van der Waals surface area contributed by atoms with E-state index >= 15 is 0 Å². The molecule has 0 aromatic heterocycles. The lowest BCUT2D eigenvalue weighted by Crippen LogP contribution is -2.51. The number of esters is 1. The Balaban J connectivity index is 1.46. The second kappa shape index (κ2) is 10.2. The van der Waals surface area contributed by atoms with Gasteiger partial charge in [0.1, 0.15) is 29.8 Å². The molecule has 1 amide bonds. The second-order valence-electron chi connectivity index (χ2n) is 7.06. The lowest BCUT2D eigenvalue weighted by Gasteiger charge is -2.35. The molecule has 2 aromatic carbocycles. The lowest BCUT2D eigenvalue weighted by molar-refractivity contribution is 0.0394. The second-order valence-corrected chi connectivity index (χ2v) is 7.06. The molecular formula is C22H25FN2O5. The van der Waals surface area contributed by atoms with Crippen LogP contribution in [0.4, 0.5) is 4.39 Å². The number of carbonyl (C=O) groups is 2. The number of hydrogen-bond donors (Lipinski definition) is 1. The predicted molar refractivity (Wildman–Crippen MR) is 108 cm³/mol. The first kappa shape index (κ1) is 21.7. The van der Waals surface area contributed by atoms with E-state index in [2.05, 4.69) is 0 Å². The number of methoxy groups -OCH3 is 1. The first-order valence-electron chi connectivity index (χ1n) is 9.73. The van der Waals surface area contributed by atoms with Crippen molar-refractivity contribution in [3.8, 4) is 5.75 Å². The van der Waals surface area contributed by atoms with Gasteiger partial charge in [0.05, 0.1) is 7.11 Å². The summed E-state index contributed by atoms with van der Waals surface area (Å²) in [6, 6.07) is 12.4. The van der Waals surface area contributed by atoms with Crippen LogP contribution in [0.15, 0.2) is 48.5 Å². The van der Waals surface area contributed by atoms with Crippen LogP contribution >= 0.6 is 0 Å². The summed E-state index contributed by atoms with van der Waals surface area (Å²) in [7, 11) is 1.30. The Hall–Kier alpha value is -2.97. The zero-order chi connectivity index (χ0) is 21.5. The standard InChI is InChI=1S/C22H25FN2O5/c1-29-22(28)19-7-2-3-8-20(19)30-15-18(26)14-24-9-11-25(12-10-24)21(27)16-5-4-6-17(23)13-16/h2-8,13,18,26H,9-12,14-15H2,1H3. The summed E-state index contributed by atoms with van der Waals surface area (Å²) in [5.41, 5.74) is 0.637. The number of halogens is 1. The van der Waals surface area contributed by atoms with E-state index in [-0.39, 0.29) is 12.5 Å². The number of hydrogen-bond acceptors (Lipinski definition) is 6. The molecular weight excluding hydrogens is 391 g/mol. The number of amides is 1. The molecule has 2 aromatic rings. The fraction of sp³-hybridized carbons (Fsp3) is 0.364. The first-order valence-corrected chi connectivity index (χ1v) is 9.73. The van der Waals surface area contributed by atoms with Crippen molar-refractivity contribution in [1.82, 2.24) is 9.80 Å². The van der Waals surface area contributed by atoms with Gasteiger partial charge in [0.2, 0.25) is 0 Å². The highest BCUT2D eigenvalue weighted by Crippen LogP contribution is 2.19. The third kappa shape index (κ3) is 5.55. The quantitative estimate of drug-likeness (QED) is 0.694. The summed E-state index contributed by atoms with van der Waals surface area (Å²) in [6.45, 7) is 2.58. The van der Waals surface area contributed by atoms with Gasteiger partial charge in [0.15, 0.2) is 0 Å². The Labute approximate surface area is 174 Å². The molecule has 0 aliphatic carbocycles. The average molecular weight is 416 g/mol. The van der Waals surface area contributed by atoms with Crippen LogP contribution in [0, 0.1) is 5.82 Å². The number of ether oxygens (including phenoxy) is 2. The van der Waals surface area contributed by atoms with Gasteiger partial charge in [-0.05, 0) is 30.3 Å². The molecule has 0 spiro atoms. The molecule has 30 heavy (non-hydrogen) atoms. The molecule has 1 heterocycles. The van der Waals surface area contributed by atoms with Crippen molar-refractivity contribution in [2.45, 2.75) is 6.10 Å². The fourth-order valence-corrected chi connectivity index (χ4v) is 3.35. The zero-order valence-electron chi connectivity index (χ0n) is 16.8. The van der Waals surface area contributed by atoms with Crippen molar-refractivity contribution < 1.29 is 28.6 Å². The predicted octanol–water partition coefficient (Wildman–Crippen LogP) is 1.81. The van der Waals surface area contributed by atoms with Gasteiger partial charge in [-0.25, -0.2) is 9.18 Å². The summed E-state index contributed by atoms with van der Waals surface area (Å²) >= 11 is 0. The largest absolute Gasteiger partial charge is 0.490 e. The highest BCUT2D eigenvalue weighted by molar-refractivity contribution is 5.94. The molecule has 1 saturated heterocycles. The van der Waals surface area contributed by atoms with E-state index in [1.165, 1.54) is 25.3 Å². The maximum atomic E-state index is 13.3. The Morgan fingerprint density at radius 1 is 1.10 bits per heavy atom. The van der Waals surface area contributed by atoms with Crippen molar-refractivity contribution in [3.63, 3.8) is 0 Å². The number of benzene rings is 2. The summed E-state index contributed by atoms with van der Waals surface area (Å²) in [5, 5.41) is 10.3. The van der Waals surface area contributed by atoms with Crippen molar-refractivity contribution in [2.75, 3.05) is 46.4 Å². The minimum absolute atomic E-state index is 0.0243. The Morgan fingerprint density at radius 2 is 1.83 bits per heavy atom. The number of rotatable bonds is 7. The molecule has 1 unspecified atom stereocenters. The third-order valence-corrected chi connectivity index (χ3v) is 4.92. The molecule has 1 N–H and O–H groups in total. The van der Waals surface area contributed by atoms with Crippen molar-refractivity contribution in [3.05, 3.63) is 65.5 Å². The van der Waals surface area contributed by atoms with Crippen molar-refractivity contribution in [2.24, 2.45) is 0 Å². The van der Waals surface area contributed by atoms with Gasteiger partial charge in [-0.2, -0.15) is 0 Å². The van der Waals surface area contributed by atoms with Gasteiger partial charge >= 0.3 is 5.97 Å². The maximum Gasteiger partial charge on any atom is 0.341 e. The van der Waals surface area contributed by atoms with Crippen LogP contribution in [0.25, 0.3) is 0 Å². The van der Waals surface area contributed by atoms with E-state index in [0.29, 0.717) is 49.6 Å². The number of aliphatic hydroxyl groups is 1. The summed E-state index contributed by atoms with van der Waals surface area (Å²) in [4.78, 5) is 28.0. The molecule has 1 atom stereocenters. The molecule has 0 bridgehead atoms. The smallest absolute Gasteiger partial charge is 0.341 e. The van der Waals surface area contributed by atoms with Gasteiger partial charge < -0.3 is 19.5 Å². The first-order chi connectivity index (χ1) is 14.5. The van der Waals surface area contributed by atoms with Gasteiger partial charge in [-0.3, -0.25) is 9.69 Å². The Bertz CT molecular complexity index is 883. The molecule has 0 saturated carbocycles. The normalized spacial score (nSPS) is 15.5. The minimum atomic E-state index is -0.763. The van der Waals surface area contributed by atoms with E-state index in [1.54, 1.807) is 35.2 Å². The number of piperazine rings is 1. The van der Waals surface area contributed by atoms with Crippen molar-refractivity contribution >= 4 is 11.9 Å². The van der Waals surface area contributed by atoms with E-state index in [1.807, 2.05) is 4.90 Å². The fourth-order valence-electron chi connectivity index (χ4n) is 3.35. The number of para-hydroxylation sites is 1. The highest BCUT2D eigenvalue weighted by atomic mass is 19.1. The molecule has 160 valence electrons. The molecule has 3 rings (SSSR count). The SMILES string of the molecule is COC(=O)c1ccccc1OCC(O)CN1CCN(C(=O)c2cccc(F)c2)CC1.